The second-order valence-electron chi connectivity index (χ2n) is 3.18. The van der Waals surface area contributed by atoms with E-state index in [-0.39, 0.29) is 0 Å². The Morgan fingerprint density at radius 3 is 2.62 bits per heavy atom. The van der Waals surface area contributed by atoms with Crippen LogP contribution >= 0.6 is 0 Å². The minimum Gasteiger partial charge on any atom is -0.102 e. The Kier molecular flexibility index (Phi) is 6.73. The molecule has 0 atom stereocenters. The molecule has 0 aromatic rings. The third-order valence-electron chi connectivity index (χ3n) is 1.55. The molecule has 0 aromatic heterocycles. The Morgan fingerprint density at radius 2 is 2.08 bits per heavy atom. The Bertz CT molecular complexity index is 255. The summed E-state index contributed by atoms with van der Waals surface area (Å²) in [6.07, 6.45) is 6.84. The van der Waals surface area contributed by atoms with Crippen molar-refractivity contribution in [2.75, 3.05) is 0 Å². The predicted molar refractivity (Wildman–Crippen MR) is 60.4 cm³/mol. The van der Waals surface area contributed by atoms with Crippen molar-refractivity contribution in [3.63, 3.8) is 0 Å². The second-order valence-corrected chi connectivity index (χ2v) is 3.18. The molecule has 0 aromatic carbocycles. The van der Waals surface area contributed by atoms with Crippen LogP contribution in [0.15, 0.2) is 36.5 Å². The zero-order valence-electron chi connectivity index (χ0n) is 8.69. The Morgan fingerprint density at radius 1 is 1.38 bits per heavy atom. The molecule has 0 bridgehead atoms. The largest absolute Gasteiger partial charge is 0.102 e. The minimum atomic E-state index is 0.770. The van der Waals surface area contributed by atoms with Gasteiger partial charge in [0.2, 0.25) is 0 Å². The number of hydrogen-bond donors (Lipinski definition) is 0. The van der Waals surface area contributed by atoms with Gasteiger partial charge in [0.25, 0.3) is 0 Å². The summed E-state index contributed by atoms with van der Waals surface area (Å²) in [5.41, 5.74) is 2.37. The zero-order valence-corrected chi connectivity index (χ0v) is 8.69. The molecular formula is C13H18. The molecule has 0 radical (unpaired) electrons. The van der Waals surface area contributed by atoms with Crippen LogP contribution in [0.25, 0.3) is 0 Å². The van der Waals surface area contributed by atoms with Crippen molar-refractivity contribution in [3.05, 3.63) is 36.5 Å². The molecule has 0 heteroatoms. The first kappa shape index (κ1) is 11.8. The van der Waals surface area contributed by atoms with Gasteiger partial charge in [-0.25, -0.2) is 0 Å². The van der Waals surface area contributed by atoms with E-state index >= 15 is 0 Å². The van der Waals surface area contributed by atoms with E-state index in [1.807, 2.05) is 19.9 Å². The standard InChI is InChI=1S/C13H18/c1-5-6-7-10-13(4)11-8-9-12(2)3/h5,11H,1-2,6,8-9H2,3-4H3. The fraction of sp³-hybridized carbons (Fsp3) is 0.385. The first-order chi connectivity index (χ1) is 6.16. The molecule has 13 heavy (non-hydrogen) atoms. The molecular weight excluding hydrogens is 156 g/mol. The van der Waals surface area contributed by atoms with Gasteiger partial charge < -0.3 is 0 Å². The maximum Gasteiger partial charge on any atom is 0.0270 e. The van der Waals surface area contributed by atoms with Gasteiger partial charge in [0.1, 0.15) is 0 Å². The highest BCUT2D eigenvalue weighted by molar-refractivity contribution is 5.27. The first-order valence-corrected chi connectivity index (χ1v) is 4.57. The summed E-state index contributed by atoms with van der Waals surface area (Å²) in [6, 6.07) is 0. The van der Waals surface area contributed by atoms with E-state index in [9.17, 15) is 0 Å². The predicted octanol–water partition coefficient (Wildman–Crippen LogP) is 3.87. The van der Waals surface area contributed by atoms with E-state index in [2.05, 4.69) is 31.1 Å². The van der Waals surface area contributed by atoms with Crippen molar-refractivity contribution in [2.45, 2.75) is 33.1 Å². The van der Waals surface area contributed by atoms with Gasteiger partial charge in [-0.15, -0.1) is 13.2 Å². The molecule has 0 fully saturated rings. The second kappa shape index (κ2) is 7.43. The van der Waals surface area contributed by atoms with Crippen LogP contribution in [-0.4, -0.2) is 0 Å². The maximum absolute atomic E-state index is 3.85. The van der Waals surface area contributed by atoms with Crippen molar-refractivity contribution in [2.24, 2.45) is 0 Å². The van der Waals surface area contributed by atoms with E-state index in [0.717, 1.165) is 24.8 Å². The molecule has 0 nitrogen and oxygen atoms in total. The molecule has 0 amide bonds. The molecule has 0 spiro atoms. The van der Waals surface area contributed by atoms with Crippen LogP contribution in [0.3, 0.4) is 0 Å². The minimum absolute atomic E-state index is 0.770. The molecule has 0 unspecified atom stereocenters. The molecule has 0 aliphatic rings. The van der Waals surface area contributed by atoms with Gasteiger partial charge >= 0.3 is 0 Å². The Hall–Kier alpha value is -1.22. The van der Waals surface area contributed by atoms with Gasteiger partial charge in [0.05, 0.1) is 0 Å². The van der Waals surface area contributed by atoms with Crippen LogP contribution in [0.5, 0.6) is 0 Å². The zero-order chi connectivity index (χ0) is 10.1. The van der Waals surface area contributed by atoms with Crippen molar-refractivity contribution in [1.29, 1.82) is 0 Å². The highest BCUT2D eigenvalue weighted by atomic mass is 13.9. The van der Waals surface area contributed by atoms with Gasteiger partial charge in [0, 0.05) is 6.42 Å². The Labute approximate surface area is 82.0 Å². The monoisotopic (exact) mass is 174 g/mol. The number of rotatable bonds is 4. The van der Waals surface area contributed by atoms with Crippen molar-refractivity contribution < 1.29 is 0 Å². The van der Waals surface area contributed by atoms with E-state index in [0.29, 0.717) is 0 Å². The summed E-state index contributed by atoms with van der Waals surface area (Å²) in [5.74, 6) is 6.08. The first-order valence-electron chi connectivity index (χ1n) is 4.57. The quantitative estimate of drug-likeness (QED) is 0.448. The van der Waals surface area contributed by atoms with E-state index < -0.39 is 0 Å². The molecule has 0 rings (SSSR count). The fourth-order valence-electron chi connectivity index (χ4n) is 0.849. The lowest BCUT2D eigenvalue weighted by molar-refractivity contribution is 0.978. The Balaban J connectivity index is 3.83. The van der Waals surface area contributed by atoms with Crippen LogP contribution in [0, 0.1) is 11.8 Å². The SMILES string of the molecule is C=CCC#CC(C)=CCCC(=C)C. The average Bonchev–Trinajstić information content (AvgIpc) is 2.04. The van der Waals surface area contributed by atoms with E-state index in [1.165, 1.54) is 5.57 Å². The van der Waals surface area contributed by atoms with Crippen LogP contribution in [0.2, 0.25) is 0 Å². The van der Waals surface area contributed by atoms with Crippen molar-refractivity contribution >= 4 is 0 Å². The van der Waals surface area contributed by atoms with Crippen molar-refractivity contribution in [3.8, 4) is 11.8 Å². The van der Waals surface area contributed by atoms with Gasteiger partial charge in [-0.3, -0.25) is 0 Å². The molecule has 0 aliphatic carbocycles. The fourth-order valence-corrected chi connectivity index (χ4v) is 0.849. The summed E-state index contributed by atoms with van der Waals surface area (Å²) in [6.45, 7) is 11.5. The van der Waals surface area contributed by atoms with E-state index in [4.69, 9.17) is 0 Å². The van der Waals surface area contributed by atoms with Gasteiger partial charge in [0.15, 0.2) is 0 Å². The van der Waals surface area contributed by atoms with Crippen LogP contribution in [0.4, 0.5) is 0 Å². The van der Waals surface area contributed by atoms with Gasteiger partial charge in [-0.1, -0.05) is 29.6 Å². The number of allylic oxidation sites excluding steroid dienone is 4. The van der Waals surface area contributed by atoms with Crippen molar-refractivity contribution in [1.82, 2.24) is 0 Å². The topological polar surface area (TPSA) is 0 Å². The summed E-state index contributed by atoms with van der Waals surface area (Å²) in [5, 5.41) is 0. The van der Waals surface area contributed by atoms with Crippen LogP contribution < -0.4 is 0 Å². The summed E-state index contributed by atoms with van der Waals surface area (Å²) >= 11 is 0. The molecule has 0 saturated carbocycles. The lowest BCUT2D eigenvalue weighted by atomic mass is 10.1. The molecule has 0 N–H and O–H groups in total. The molecule has 70 valence electrons. The normalized spacial score (nSPS) is 10.2. The third-order valence-corrected chi connectivity index (χ3v) is 1.55. The van der Waals surface area contributed by atoms with Gasteiger partial charge in [-0.2, -0.15) is 0 Å². The average molecular weight is 174 g/mol. The smallest absolute Gasteiger partial charge is 0.0270 e. The summed E-state index contributed by atoms with van der Waals surface area (Å²) < 4.78 is 0. The van der Waals surface area contributed by atoms with Crippen LogP contribution in [0.1, 0.15) is 33.1 Å². The molecule has 0 saturated heterocycles. The lowest BCUT2D eigenvalue weighted by Crippen LogP contribution is -1.74. The highest BCUT2D eigenvalue weighted by Gasteiger charge is 1.84. The molecule has 0 heterocycles. The van der Waals surface area contributed by atoms with E-state index in [1.54, 1.807) is 0 Å². The maximum atomic E-state index is 3.85. The number of hydrogen-bond acceptors (Lipinski definition) is 0. The van der Waals surface area contributed by atoms with Gasteiger partial charge in [-0.05, 0) is 32.3 Å². The third kappa shape index (κ3) is 8.69. The highest BCUT2D eigenvalue weighted by Crippen LogP contribution is 2.03. The van der Waals surface area contributed by atoms with Crippen LogP contribution in [-0.2, 0) is 0 Å². The summed E-state index contributed by atoms with van der Waals surface area (Å²) in [7, 11) is 0. The molecule has 0 aliphatic heterocycles. The lowest BCUT2D eigenvalue weighted by Gasteiger charge is -1.93. The summed E-state index contributed by atoms with van der Waals surface area (Å²) in [4.78, 5) is 0.